The van der Waals surface area contributed by atoms with Gasteiger partial charge in [0.2, 0.25) is 0 Å². The molecule has 0 saturated carbocycles. The number of aryl methyl sites for hydroxylation is 1. The van der Waals surface area contributed by atoms with E-state index in [0.29, 0.717) is 0 Å². The topological polar surface area (TPSA) is 44.0 Å². The first-order chi connectivity index (χ1) is 6.34. The van der Waals surface area contributed by atoms with Crippen LogP contribution in [0.25, 0.3) is 0 Å². The van der Waals surface area contributed by atoms with Gasteiger partial charge in [0.15, 0.2) is 0 Å². The van der Waals surface area contributed by atoms with Gasteiger partial charge >= 0.3 is 0 Å². The number of hydrogen-bond donors (Lipinski definition) is 2. The van der Waals surface area contributed by atoms with E-state index < -0.39 is 0 Å². The average molecular weight is 180 g/mol. The lowest BCUT2D eigenvalue weighted by Gasteiger charge is -2.26. The first-order valence-electron chi connectivity index (χ1n) is 4.78. The molecule has 1 saturated heterocycles. The molecule has 0 spiro atoms. The molecule has 0 radical (unpaired) electrons. The fourth-order valence-corrected chi connectivity index (χ4v) is 1.65. The number of hydrogen-bond acceptors (Lipinski definition) is 3. The van der Waals surface area contributed by atoms with Crippen LogP contribution in [-0.2, 0) is 6.54 Å². The molecule has 2 rings (SSSR count). The van der Waals surface area contributed by atoms with Crippen molar-refractivity contribution in [3.8, 4) is 0 Å². The minimum Gasteiger partial charge on any atom is -0.314 e. The summed E-state index contributed by atoms with van der Waals surface area (Å²) in [5.41, 5.74) is 2.30. The van der Waals surface area contributed by atoms with Gasteiger partial charge in [-0.2, -0.15) is 5.10 Å². The highest BCUT2D eigenvalue weighted by atomic mass is 15.2. The summed E-state index contributed by atoms with van der Waals surface area (Å²) in [5.74, 6) is 0. The van der Waals surface area contributed by atoms with Crippen LogP contribution in [0.5, 0.6) is 0 Å². The fraction of sp³-hybridized carbons (Fsp3) is 0.667. The van der Waals surface area contributed by atoms with Crippen LogP contribution in [0.15, 0.2) is 6.07 Å². The summed E-state index contributed by atoms with van der Waals surface area (Å²) in [7, 11) is 0. The molecule has 72 valence electrons. The Morgan fingerprint density at radius 3 is 2.85 bits per heavy atom. The molecule has 4 heteroatoms. The lowest BCUT2D eigenvalue weighted by molar-refractivity contribution is 0.230. The smallest absolute Gasteiger partial charge is 0.0765 e. The molecular weight excluding hydrogens is 164 g/mol. The normalized spacial score (nSPS) is 19.2. The van der Waals surface area contributed by atoms with Gasteiger partial charge in [-0.1, -0.05) is 0 Å². The van der Waals surface area contributed by atoms with Crippen molar-refractivity contribution in [1.29, 1.82) is 0 Å². The molecule has 0 aromatic carbocycles. The molecule has 13 heavy (non-hydrogen) atoms. The zero-order chi connectivity index (χ0) is 9.10. The number of aromatic nitrogens is 2. The monoisotopic (exact) mass is 180 g/mol. The van der Waals surface area contributed by atoms with Gasteiger partial charge in [-0.25, -0.2) is 0 Å². The van der Waals surface area contributed by atoms with Crippen molar-refractivity contribution in [3.63, 3.8) is 0 Å². The summed E-state index contributed by atoms with van der Waals surface area (Å²) in [5, 5.41) is 10.5. The first kappa shape index (κ1) is 8.72. The lowest BCUT2D eigenvalue weighted by Crippen LogP contribution is -2.42. The Kier molecular flexibility index (Phi) is 2.61. The van der Waals surface area contributed by atoms with E-state index in [9.17, 15) is 0 Å². The van der Waals surface area contributed by atoms with E-state index in [1.165, 1.54) is 0 Å². The first-order valence-corrected chi connectivity index (χ1v) is 4.78. The molecule has 1 aromatic heterocycles. The average Bonchev–Trinajstić information content (AvgIpc) is 2.53. The number of H-pyrrole nitrogens is 1. The van der Waals surface area contributed by atoms with Crippen molar-refractivity contribution >= 4 is 0 Å². The van der Waals surface area contributed by atoms with Gasteiger partial charge in [-0.15, -0.1) is 0 Å². The van der Waals surface area contributed by atoms with Crippen molar-refractivity contribution in [2.75, 3.05) is 26.2 Å². The predicted molar refractivity (Wildman–Crippen MR) is 51.5 cm³/mol. The summed E-state index contributed by atoms with van der Waals surface area (Å²) in [6, 6.07) is 2.11. The third kappa shape index (κ3) is 2.29. The minimum absolute atomic E-state index is 0.978. The van der Waals surface area contributed by atoms with E-state index in [2.05, 4.69) is 26.5 Å². The number of nitrogens with one attached hydrogen (secondary N) is 2. The van der Waals surface area contributed by atoms with Gasteiger partial charge in [0.1, 0.15) is 0 Å². The second-order valence-corrected chi connectivity index (χ2v) is 3.57. The number of rotatable bonds is 2. The van der Waals surface area contributed by atoms with Crippen LogP contribution in [0, 0.1) is 6.92 Å². The van der Waals surface area contributed by atoms with Crippen LogP contribution in [-0.4, -0.2) is 41.3 Å². The summed E-state index contributed by atoms with van der Waals surface area (Å²) < 4.78 is 0. The lowest BCUT2D eigenvalue weighted by atomic mass is 10.3. The van der Waals surface area contributed by atoms with Crippen molar-refractivity contribution in [1.82, 2.24) is 20.4 Å². The third-order valence-electron chi connectivity index (χ3n) is 2.35. The maximum Gasteiger partial charge on any atom is 0.0765 e. The number of aromatic amines is 1. The Bertz CT molecular complexity index is 262. The van der Waals surface area contributed by atoms with Gasteiger partial charge in [-0.3, -0.25) is 10.00 Å². The van der Waals surface area contributed by atoms with Crippen molar-refractivity contribution in [2.45, 2.75) is 13.5 Å². The van der Waals surface area contributed by atoms with Gasteiger partial charge in [-0.05, 0) is 13.0 Å². The molecule has 0 atom stereocenters. The van der Waals surface area contributed by atoms with Gasteiger partial charge in [0.25, 0.3) is 0 Å². The van der Waals surface area contributed by atoms with E-state index in [1.54, 1.807) is 0 Å². The second-order valence-electron chi connectivity index (χ2n) is 3.57. The van der Waals surface area contributed by atoms with E-state index in [0.717, 1.165) is 44.1 Å². The Morgan fingerprint density at radius 2 is 2.23 bits per heavy atom. The molecule has 4 nitrogen and oxygen atoms in total. The van der Waals surface area contributed by atoms with Crippen LogP contribution in [0.1, 0.15) is 11.4 Å². The van der Waals surface area contributed by atoms with Crippen LogP contribution < -0.4 is 5.32 Å². The van der Waals surface area contributed by atoms with Crippen molar-refractivity contribution in [3.05, 3.63) is 17.5 Å². The van der Waals surface area contributed by atoms with Crippen molar-refractivity contribution in [2.24, 2.45) is 0 Å². The second kappa shape index (κ2) is 3.89. The zero-order valence-corrected chi connectivity index (χ0v) is 8.01. The maximum atomic E-state index is 4.22. The van der Waals surface area contributed by atoms with Gasteiger partial charge in [0.05, 0.1) is 5.69 Å². The Balaban J connectivity index is 1.89. The number of nitrogens with zero attached hydrogens (tertiary/aromatic N) is 2. The highest BCUT2D eigenvalue weighted by molar-refractivity contribution is 5.06. The summed E-state index contributed by atoms with van der Waals surface area (Å²) in [6.45, 7) is 7.48. The van der Waals surface area contributed by atoms with Crippen molar-refractivity contribution < 1.29 is 0 Å². The fourth-order valence-electron chi connectivity index (χ4n) is 1.65. The SMILES string of the molecule is Cc1cc(CN2CCNCC2)n[nH]1. The molecule has 0 bridgehead atoms. The zero-order valence-electron chi connectivity index (χ0n) is 8.01. The van der Waals surface area contributed by atoms with E-state index in [-0.39, 0.29) is 0 Å². The van der Waals surface area contributed by atoms with E-state index in [1.807, 2.05) is 6.92 Å². The van der Waals surface area contributed by atoms with Crippen LogP contribution in [0.3, 0.4) is 0 Å². The van der Waals surface area contributed by atoms with Crippen LogP contribution in [0.4, 0.5) is 0 Å². The minimum atomic E-state index is 0.978. The third-order valence-corrected chi connectivity index (χ3v) is 2.35. The molecule has 1 aromatic rings. The van der Waals surface area contributed by atoms with Gasteiger partial charge in [0, 0.05) is 38.4 Å². The molecule has 0 amide bonds. The highest BCUT2D eigenvalue weighted by Crippen LogP contribution is 2.03. The van der Waals surface area contributed by atoms with Gasteiger partial charge < -0.3 is 5.32 Å². The predicted octanol–water partition coefficient (Wildman–Crippen LogP) is 0.123. The molecular formula is C9H16N4. The highest BCUT2D eigenvalue weighted by Gasteiger charge is 2.10. The largest absolute Gasteiger partial charge is 0.314 e. The Hall–Kier alpha value is -0.870. The molecule has 2 N–H and O–H groups in total. The maximum absolute atomic E-state index is 4.22. The summed E-state index contributed by atoms with van der Waals surface area (Å²) in [6.07, 6.45) is 0. The standard InChI is InChI=1S/C9H16N4/c1-8-6-9(12-11-8)7-13-4-2-10-3-5-13/h6,10H,2-5,7H2,1H3,(H,11,12). The molecule has 0 aliphatic carbocycles. The Morgan fingerprint density at radius 1 is 1.46 bits per heavy atom. The molecule has 1 fully saturated rings. The van der Waals surface area contributed by atoms with Crippen LogP contribution in [0.2, 0.25) is 0 Å². The van der Waals surface area contributed by atoms with Crippen LogP contribution >= 0.6 is 0 Å². The quantitative estimate of drug-likeness (QED) is 0.679. The van der Waals surface area contributed by atoms with E-state index >= 15 is 0 Å². The summed E-state index contributed by atoms with van der Waals surface area (Å²) >= 11 is 0. The molecule has 1 aliphatic rings. The Labute approximate surface area is 78.3 Å². The van der Waals surface area contributed by atoms with E-state index in [4.69, 9.17) is 0 Å². The molecule has 1 aliphatic heterocycles. The number of piperazine rings is 1. The molecule has 2 heterocycles. The summed E-state index contributed by atoms with van der Waals surface area (Å²) in [4.78, 5) is 2.42. The molecule has 0 unspecified atom stereocenters.